The Balaban J connectivity index is 1.52. The quantitative estimate of drug-likeness (QED) is 0.864. The summed E-state index contributed by atoms with van der Waals surface area (Å²) in [6.45, 7) is 0. The van der Waals surface area contributed by atoms with Gasteiger partial charge in [-0.3, -0.25) is 4.98 Å². The Kier molecular flexibility index (Phi) is 4.11. The molecule has 1 aromatic carbocycles. The number of halogens is 2. The summed E-state index contributed by atoms with van der Waals surface area (Å²) in [7, 11) is 0. The molecule has 2 fully saturated rings. The molecule has 3 heterocycles. The average molecular weight is 359 g/mol. The van der Waals surface area contributed by atoms with E-state index in [0.717, 1.165) is 30.5 Å². The molecule has 2 N–H and O–H groups in total. The Morgan fingerprint density at radius 1 is 1.23 bits per heavy atom. The van der Waals surface area contributed by atoms with E-state index in [-0.39, 0.29) is 17.8 Å². The van der Waals surface area contributed by atoms with Crippen molar-refractivity contribution in [2.75, 3.05) is 5.32 Å². The zero-order chi connectivity index (χ0) is 18.3. The van der Waals surface area contributed by atoms with E-state index in [1.165, 1.54) is 6.07 Å². The van der Waals surface area contributed by atoms with Gasteiger partial charge in [0.25, 0.3) is 0 Å². The topological polar surface area (TPSA) is 65.5 Å². The van der Waals surface area contributed by atoms with Crippen LogP contribution in [0.2, 0.25) is 0 Å². The molecule has 0 aliphatic carbocycles. The maximum Gasteiger partial charge on any atom is 0.322 e. The summed E-state index contributed by atoms with van der Waals surface area (Å²) in [5.74, 6) is -1.50. The summed E-state index contributed by atoms with van der Waals surface area (Å²) in [5, 5.41) is 13.6. The summed E-state index contributed by atoms with van der Waals surface area (Å²) in [5.41, 5.74) is -0.316. The van der Waals surface area contributed by atoms with Gasteiger partial charge in [-0.1, -0.05) is 6.07 Å². The number of pyridine rings is 1. The average Bonchev–Trinajstić information content (AvgIpc) is 2.90. The summed E-state index contributed by atoms with van der Waals surface area (Å²) < 4.78 is 26.8. The number of hydrogen-bond donors (Lipinski definition) is 2. The van der Waals surface area contributed by atoms with Crippen LogP contribution in [0.15, 0.2) is 42.7 Å². The first-order valence-electron chi connectivity index (χ1n) is 8.63. The molecule has 2 aliphatic heterocycles. The summed E-state index contributed by atoms with van der Waals surface area (Å²) >= 11 is 0. The number of fused-ring (bicyclic) bond motifs is 2. The highest BCUT2D eigenvalue weighted by molar-refractivity contribution is 5.90. The fourth-order valence-corrected chi connectivity index (χ4v) is 4.20. The van der Waals surface area contributed by atoms with Gasteiger partial charge in [0, 0.05) is 48.9 Å². The van der Waals surface area contributed by atoms with Crippen molar-refractivity contribution in [1.82, 2.24) is 9.88 Å². The first kappa shape index (κ1) is 16.9. The van der Waals surface area contributed by atoms with Crippen molar-refractivity contribution in [3.63, 3.8) is 0 Å². The number of carbonyl (C=O) groups excluding carboxylic acids is 1. The molecule has 2 atom stereocenters. The van der Waals surface area contributed by atoms with E-state index >= 15 is 0 Å². The van der Waals surface area contributed by atoms with E-state index in [1.807, 2.05) is 6.07 Å². The molecule has 26 heavy (non-hydrogen) atoms. The molecule has 0 radical (unpaired) electrons. The second kappa shape index (κ2) is 6.32. The minimum atomic E-state index is -1.02. The van der Waals surface area contributed by atoms with Crippen molar-refractivity contribution < 1.29 is 18.7 Å². The first-order valence-corrected chi connectivity index (χ1v) is 8.63. The fourth-order valence-electron chi connectivity index (χ4n) is 4.20. The Hall–Kier alpha value is -2.54. The van der Waals surface area contributed by atoms with E-state index in [4.69, 9.17) is 0 Å². The number of nitrogens with zero attached hydrogens (tertiary/aromatic N) is 2. The number of hydrogen-bond acceptors (Lipinski definition) is 3. The Morgan fingerprint density at radius 2 is 1.96 bits per heavy atom. The number of rotatable bonds is 2. The van der Waals surface area contributed by atoms with Crippen LogP contribution >= 0.6 is 0 Å². The number of anilines is 1. The monoisotopic (exact) mass is 359 g/mol. The van der Waals surface area contributed by atoms with Crippen molar-refractivity contribution >= 4 is 11.7 Å². The van der Waals surface area contributed by atoms with Crippen molar-refractivity contribution in [2.45, 2.75) is 43.4 Å². The van der Waals surface area contributed by atoms with Gasteiger partial charge in [-0.15, -0.1) is 0 Å². The molecule has 0 spiro atoms. The molecule has 2 unspecified atom stereocenters. The molecule has 136 valence electrons. The van der Waals surface area contributed by atoms with E-state index in [0.29, 0.717) is 12.8 Å². The van der Waals surface area contributed by atoms with Crippen molar-refractivity contribution in [3.8, 4) is 0 Å². The number of aliphatic hydroxyl groups is 1. The predicted octanol–water partition coefficient (Wildman–Crippen LogP) is 3.41. The van der Waals surface area contributed by atoms with Crippen LogP contribution in [0.1, 0.15) is 31.2 Å². The van der Waals surface area contributed by atoms with Gasteiger partial charge in [-0.2, -0.15) is 0 Å². The Morgan fingerprint density at radius 3 is 2.58 bits per heavy atom. The van der Waals surface area contributed by atoms with Gasteiger partial charge in [0.2, 0.25) is 0 Å². The second-order valence-electron chi connectivity index (χ2n) is 7.03. The molecule has 2 aromatic rings. The third-order valence-corrected chi connectivity index (χ3v) is 5.37. The number of urea groups is 1. The van der Waals surface area contributed by atoms with Crippen LogP contribution in [-0.2, 0) is 5.60 Å². The van der Waals surface area contributed by atoms with Gasteiger partial charge in [0.1, 0.15) is 11.6 Å². The van der Waals surface area contributed by atoms with Crippen LogP contribution in [0.5, 0.6) is 0 Å². The highest BCUT2D eigenvalue weighted by Gasteiger charge is 2.50. The molecule has 1 aromatic heterocycles. The summed E-state index contributed by atoms with van der Waals surface area (Å²) in [6, 6.07) is 5.98. The zero-order valence-electron chi connectivity index (χ0n) is 14.0. The van der Waals surface area contributed by atoms with E-state index in [2.05, 4.69) is 10.3 Å². The number of piperidine rings is 1. The van der Waals surface area contributed by atoms with E-state index in [9.17, 15) is 18.7 Å². The largest absolute Gasteiger partial charge is 0.385 e. The second-order valence-corrected chi connectivity index (χ2v) is 7.03. The minimum Gasteiger partial charge on any atom is -0.385 e. The molecular weight excluding hydrogens is 340 g/mol. The lowest BCUT2D eigenvalue weighted by Crippen LogP contribution is -2.53. The number of aromatic nitrogens is 1. The molecule has 4 rings (SSSR count). The van der Waals surface area contributed by atoms with Crippen LogP contribution in [0.25, 0.3) is 0 Å². The highest BCUT2D eigenvalue weighted by atomic mass is 19.1. The van der Waals surface area contributed by atoms with E-state index in [1.54, 1.807) is 23.4 Å². The Labute approximate surface area is 149 Å². The van der Waals surface area contributed by atoms with Crippen LogP contribution in [0, 0.1) is 11.6 Å². The van der Waals surface area contributed by atoms with E-state index < -0.39 is 23.3 Å². The molecule has 2 saturated heterocycles. The van der Waals surface area contributed by atoms with Crippen molar-refractivity contribution in [3.05, 3.63) is 59.9 Å². The van der Waals surface area contributed by atoms with Gasteiger partial charge in [0.15, 0.2) is 0 Å². The number of nitrogens with one attached hydrogen (secondary N) is 1. The molecule has 0 saturated carbocycles. The smallest absolute Gasteiger partial charge is 0.322 e. The van der Waals surface area contributed by atoms with Gasteiger partial charge in [-0.25, -0.2) is 13.6 Å². The predicted molar refractivity (Wildman–Crippen MR) is 91.4 cm³/mol. The Bertz CT molecular complexity index is 817. The van der Waals surface area contributed by atoms with Crippen LogP contribution in [0.4, 0.5) is 19.3 Å². The van der Waals surface area contributed by atoms with Gasteiger partial charge >= 0.3 is 6.03 Å². The number of amides is 2. The lowest BCUT2D eigenvalue weighted by Gasteiger charge is -2.43. The van der Waals surface area contributed by atoms with Crippen molar-refractivity contribution in [2.24, 2.45) is 0 Å². The molecule has 2 amide bonds. The van der Waals surface area contributed by atoms with Crippen molar-refractivity contribution in [1.29, 1.82) is 0 Å². The molecule has 2 bridgehead atoms. The van der Waals surface area contributed by atoms with Gasteiger partial charge < -0.3 is 15.3 Å². The normalized spacial score (nSPS) is 27.4. The molecule has 5 nitrogen and oxygen atoms in total. The highest BCUT2D eigenvalue weighted by Crippen LogP contribution is 2.45. The first-order chi connectivity index (χ1) is 12.5. The third kappa shape index (κ3) is 2.92. The summed E-state index contributed by atoms with van der Waals surface area (Å²) in [4.78, 5) is 18.4. The number of carbonyl (C=O) groups is 1. The van der Waals surface area contributed by atoms with Crippen LogP contribution < -0.4 is 5.32 Å². The number of benzene rings is 1. The third-order valence-electron chi connectivity index (χ3n) is 5.37. The maximum atomic E-state index is 13.8. The lowest BCUT2D eigenvalue weighted by molar-refractivity contribution is -0.0425. The maximum absolute atomic E-state index is 13.8. The lowest BCUT2D eigenvalue weighted by atomic mass is 9.81. The fraction of sp³-hybridized carbons (Fsp3) is 0.368. The minimum absolute atomic E-state index is 0.0519. The molecule has 2 aliphatic rings. The SMILES string of the molecule is O=C(Nc1ccc(F)cc1F)N1C2CCC1CC(O)(c1cccnc1)C2. The zero-order valence-corrected chi connectivity index (χ0v) is 14.0. The molecular formula is C19H19F2N3O2. The standard InChI is InChI=1S/C19H19F2N3O2/c20-13-3-6-17(16(21)8-13)23-18(25)24-14-4-5-15(24)10-19(26,9-14)12-2-1-7-22-11-12/h1-3,6-8,11,14-15,26H,4-5,9-10H2,(H,23,25). The van der Waals surface area contributed by atoms with Crippen LogP contribution in [-0.4, -0.2) is 33.1 Å². The molecule has 7 heteroatoms. The van der Waals surface area contributed by atoms with Gasteiger partial charge in [0.05, 0.1) is 11.3 Å². The van der Waals surface area contributed by atoms with Gasteiger partial charge in [-0.05, 0) is 31.0 Å². The van der Waals surface area contributed by atoms with Crippen LogP contribution in [0.3, 0.4) is 0 Å². The summed E-state index contributed by atoms with van der Waals surface area (Å²) in [6.07, 6.45) is 5.70.